The molecule has 0 unspecified atom stereocenters. The van der Waals surface area contributed by atoms with Gasteiger partial charge in [0.05, 0.1) is 13.0 Å². The van der Waals surface area contributed by atoms with Gasteiger partial charge in [-0.25, -0.2) is 0 Å². The van der Waals surface area contributed by atoms with Gasteiger partial charge in [0.25, 0.3) is 0 Å². The Morgan fingerprint density at radius 2 is 1.95 bits per heavy atom. The van der Waals surface area contributed by atoms with Crippen molar-refractivity contribution < 1.29 is 13.9 Å². The molecule has 4 nitrogen and oxygen atoms in total. The van der Waals surface area contributed by atoms with Crippen molar-refractivity contribution in [2.45, 2.75) is 26.7 Å². The lowest BCUT2D eigenvalue weighted by Gasteiger charge is -2.10. The average molecular weight is 299 g/mol. The maximum Gasteiger partial charge on any atom is 0.203 e. The number of aryl methyl sites for hydroxylation is 1. The number of nitrogens with one attached hydrogen (secondary N) is 1. The van der Waals surface area contributed by atoms with Crippen LogP contribution in [-0.4, -0.2) is 12.4 Å². The lowest BCUT2D eigenvalue weighted by Crippen LogP contribution is -2.05. The van der Waals surface area contributed by atoms with Gasteiger partial charge in [0.2, 0.25) is 5.78 Å². The summed E-state index contributed by atoms with van der Waals surface area (Å²) in [6.07, 6.45) is 1.17. The summed E-state index contributed by atoms with van der Waals surface area (Å²) < 4.78 is 10.8. The zero-order valence-electron chi connectivity index (χ0n) is 13.0. The largest absolute Gasteiger partial charge is 0.494 e. The van der Waals surface area contributed by atoms with Crippen LogP contribution in [0.3, 0.4) is 0 Å². The second kappa shape index (κ2) is 7.50. The highest BCUT2D eigenvalue weighted by Crippen LogP contribution is 2.19. The molecule has 1 aromatic carbocycles. The molecule has 1 aromatic heterocycles. The third-order valence-electron chi connectivity index (χ3n) is 3.04. The van der Waals surface area contributed by atoms with Gasteiger partial charge in [-0.05, 0) is 49.7 Å². The first kappa shape index (κ1) is 15.9. The Labute approximate surface area is 130 Å². The topological polar surface area (TPSA) is 51.5 Å². The SMILES string of the molecule is C=C(CC(=O)c1ccc(C)o1)Nc1ccc(OCCC)cc1. The smallest absolute Gasteiger partial charge is 0.203 e. The Morgan fingerprint density at radius 1 is 1.23 bits per heavy atom. The summed E-state index contributed by atoms with van der Waals surface area (Å²) >= 11 is 0. The number of ether oxygens (including phenoxy) is 1. The summed E-state index contributed by atoms with van der Waals surface area (Å²) in [4.78, 5) is 12.0. The number of hydrogen-bond acceptors (Lipinski definition) is 4. The van der Waals surface area contributed by atoms with Crippen LogP contribution in [0.15, 0.2) is 53.1 Å². The molecule has 0 radical (unpaired) electrons. The fourth-order valence-corrected chi connectivity index (χ4v) is 1.97. The third-order valence-corrected chi connectivity index (χ3v) is 3.04. The standard InChI is InChI=1S/C18H21NO3/c1-4-11-21-16-8-6-15(7-9-16)19-13(2)12-17(20)18-10-5-14(3)22-18/h5-10,19H,2,4,11-12H2,1,3H3. The van der Waals surface area contributed by atoms with Crippen LogP contribution < -0.4 is 10.1 Å². The predicted octanol–water partition coefficient (Wildman–Crippen LogP) is 4.58. The molecule has 0 atom stereocenters. The van der Waals surface area contributed by atoms with Crippen LogP contribution in [0.25, 0.3) is 0 Å². The monoisotopic (exact) mass is 299 g/mol. The zero-order valence-corrected chi connectivity index (χ0v) is 13.0. The fraction of sp³-hybridized carbons (Fsp3) is 0.278. The number of ketones is 1. The number of furan rings is 1. The summed E-state index contributed by atoms with van der Waals surface area (Å²) in [5, 5.41) is 3.12. The highest BCUT2D eigenvalue weighted by Gasteiger charge is 2.11. The lowest BCUT2D eigenvalue weighted by atomic mass is 10.2. The van der Waals surface area contributed by atoms with Gasteiger partial charge in [0.15, 0.2) is 5.76 Å². The summed E-state index contributed by atoms with van der Waals surface area (Å²) in [6.45, 7) is 8.47. The van der Waals surface area contributed by atoms with Gasteiger partial charge in [0.1, 0.15) is 11.5 Å². The third kappa shape index (κ3) is 4.52. The van der Waals surface area contributed by atoms with Crippen molar-refractivity contribution in [1.29, 1.82) is 0 Å². The zero-order chi connectivity index (χ0) is 15.9. The molecule has 0 bridgehead atoms. The molecule has 0 saturated carbocycles. The number of Topliss-reactive ketones (excluding diaryl/α,β-unsaturated/α-hetero) is 1. The number of rotatable bonds is 8. The molecule has 1 heterocycles. The number of carbonyl (C=O) groups is 1. The molecule has 22 heavy (non-hydrogen) atoms. The molecule has 116 valence electrons. The first-order valence-electron chi connectivity index (χ1n) is 7.35. The highest BCUT2D eigenvalue weighted by molar-refractivity contribution is 5.95. The summed E-state index contributed by atoms with van der Waals surface area (Å²) in [5.74, 6) is 1.84. The Kier molecular flexibility index (Phi) is 5.42. The van der Waals surface area contributed by atoms with E-state index >= 15 is 0 Å². The van der Waals surface area contributed by atoms with Gasteiger partial charge in [-0.2, -0.15) is 0 Å². The van der Waals surface area contributed by atoms with E-state index in [1.807, 2.05) is 31.2 Å². The van der Waals surface area contributed by atoms with E-state index < -0.39 is 0 Å². The van der Waals surface area contributed by atoms with Crippen molar-refractivity contribution in [3.05, 3.63) is 60.2 Å². The van der Waals surface area contributed by atoms with Gasteiger partial charge in [0, 0.05) is 11.4 Å². The van der Waals surface area contributed by atoms with Crippen LogP contribution in [0.4, 0.5) is 5.69 Å². The van der Waals surface area contributed by atoms with E-state index in [9.17, 15) is 4.79 Å². The van der Waals surface area contributed by atoms with Crippen LogP contribution in [0.2, 0.25) is 0 Å². The van der Waals surface area contributed by atoms with Crippen LogP contribution in [-0.2, 0) is 0 Å². The van der Waals surface area contributed by atoms with E-state index in [4.69, 9.17) is 9.15 Å². The Hall–Kier alpha value is -2.49. The number of benzene rings is 1. The van der Waals surface area contributed by atoms with Crippen molar-refractivity contribution in [2.24, 2.45) is 0 Å². The van der Waals surface area contributed by atoms with Gasteiger partial charge >= 0.3 is 0 Å². The minimum absolute atomic E-state index is 0.0894. The molecule has 0 spiro atoms. The lowest BCUT2D eigenvalue weighted by molar-refractivity contribution is 0.0965. The van der Waals surface area contributed by atoms with Crippen LogP contribution in [0.5, 0.6) is 5.75 Å². The average Bonchev–Trinajstić information content (AvgIpc) is 2.93. The van der Waals surface area contributed by atoms with Crippen LogP contribution >= 0.6 is 0 Å². The minimum Gasteiger partial charge on any atom is -0.494 e. The van der Waals surface area contributed by atoms with Gasteiger partial charge in [-0.15, -0.1) is 0 Å². The number of hydrogen-bond donors (Lipinski definition) is 1. The Morgan fingerprint density at radius 3 is 2.55 bits per heavy atom. The normalized spacial score (nSPS) is 10.3. The Balaban J connectivity index is 1.87. The summed E-state index contributed by atoms with van der Waals surface area (Å²) in [6, 6.07) is 11.0. The van der Waals surface area contributed by atoms with Crippen LogP contribution in [0, 0.1) is 6.92 Å². The molecule has 2 rings (SSSR count). The first-order chi connectivity index (χ1) is 10.6. The second-order valence-electron chi connectivity index (χ2n) is 5.11. The number of allylic oxidation sites excluding steroid dienone is 1. The van der Waals surface area contributed by atoms with E-state index in [1.54, 1.807) is 12.1 Å². The van der Waals surface area contributed by atoms with Crippen molar-refractivity contribution in [3.63, 3.8) is 0 Å². The van der Waals surface area contributed by atoms with Crippen molar-refractivity contribution in [3.8, 4) is 5.75 Å². The van der Waals surface area contributed by atoms with Gasteiger partial charge in [-0.1, -0.05) is 13.5 Å². The molecule has 0 fully saturated rings. The van der Waals surface area contributed by atoms with Crippen LogP contribution in [0.1, 0.15) is 36.1 Å². The summed E-state index contributed by atoms with van der Waals surface area (Å²) in [5.41, 5.74) is 1.50. The molecule has 0 aliphatic carbocycles. The van der Waals surface area contributed by atoms with Crippen molar-refractivity contribution in [1.82, 2.24) is 0 Å². The molecular formula is C18H21NO3. The molecular weight excluding hydrogens is 278 g/mol. The molecule has 0 aliphatic heterocycles. The maximum atomic E-state index is 12.0. The molecule has 0 amide bonds. The van der Waals surface area contributed by atoms with E-state index in [1.165, 1.54) is 0 Å². The molecule has 0 saturated heterocycles. The van der Waals surface area contributed by atoms with E-state index in [2.05, 4.69) is 18.8 Å². The molecule has 1 N–H and O–H groups in total. The van der Waals surface area contributed by atoms with Gasteiger partial charge < -0.3 is 14.5 Å². The number of carbonyl (C=O) groups excluding carboxylic acids is 1. The van der Waals surface area contributed by atoms with E-state index in [-0.39, 0.29) is 12.2 Å². The highest BCUT2D eigenvalue weighted by atomic mass is 16.5. The first-order valence-corrected chi connectivity index (χ1v) is 7.35. The van der Waals surface area contributed by atoms with Crippen molar-refractivity contribution >= 4 is 11.5 Å². The number of anilines is 1. The fourth-order valence-electron chi connectivity index (χ4n) is 1.97. The Bertz CT molecular complexity index is 641. The quantitative estimate of drug-likeness (QED) is 0.725. The minimum atomic E-state index is -0.0894. The molecule has 0 aliphatic rings. The van der Waals surface area contributed by atoms with Crippen molar-refractivity contribution in [2.75, 3.05) is 11.9 Å². The molecule has 4 heteroatoms. The second-order valence-corrected chi connectivity index (χ2v) is 5.11. The summed E-state index contributed by atoms with van der Waals surface area (Å²) in [7, 11) is 0. The van der Waals surface area contributed by atoms with E-state index in [0.717, 1.165) is 23.6 Å². The predicted molar refractivity (Wildman–Crippen MR) is 87.4 cm³/mol. The maximum absolute atomic E-state index is 12.0. The van der Waals surface area contributed by atoms with E-state index in [0.29, 0.717) is 18.1 Å². The van der Waals surface area contributed by atoms with Gasteiger partial charge in [-0.3, -0.25) is 4.79 Å². The molecule has 2 aromatic rings.